The molecular formula is C15H15Cl2NO2. The van der Waals surface area contributed by atoms with Gasteiger partial charge in [0.2, 0.25) is 5.91 Å². The van der Waals surface area contributed by atoms with Gasteiger partial charge in [0.1, 0.15) is 17.7 Å². The first-order chi connectivity index (χ1) is 9.54. The van der Waals surface area contributed by atoms with Gasteiger partial charge in [-0.1, -0.05) is 30.3 Å². The second-order valence-corrected chi connectivity index (χ2v) is 5.37. The lowest BCUT2D eigenvalue weighted by molar-refractivity contribution is -0.126. The predicted molar refractivity (Wildman–Crippen MR) is 82.1 cm³/mol. The van der Waals surface area contributed by atoms with Crippen molar-refractivity contribution in [1.82, 2.24) is 4.90 Å². The van der Waals surface area contributed by atoms with E-state index >= 15 is 0 Å². The van der Waals surface area contributed by atoms with E-state index in [1.807, 2.05) is 18.2 Å². The minimum atomic E-state index is -0.502. The molecule has 106 valence electrons. The molecule has 2 rings (SSSR count). The van der Waals surface area contributed by atoms with Gasteiger partial charge in [-0.05, 0) is 24.6 Å². The highest BCUT2D eigenvalue weighted by Gasteiger charge is 2.27. The smallest absolute Gasteiger partial charge is 0.245 e. The molecule has 20 heavy (non-hydrogen) atoms. The van der Waals surface area contributed by atoms with Crippen LogP contribution in [0.25, 0.3) is 5.70 Å². The lowest BCUT2D eigenvalue weighted by Gasteiger charge is -2.28. The minimum Gasteiger partial charge on any atom is -0.490 e. The van der Waals surface area contributed by atoms with Crippen LogP contribution in [0, 0.1) is 0 Å². The maximum absolute atomic E-state index is 11.9. The van der Waals surface area contributed by atoms with Crippen molar-refractivity contribution in [3.63, 3.8) is 0 Å². The second kappa shape index (κ2) is 6.33. The summed E-state index contributed by atoms with van der Waals surface area (Å²) in [6.45, 7) is 4.01. The first-order valence-electron chi connectivity index (χ1n) is 6.20. The Kier molecular flexibility index (Phi) is 4.73. The highest BCUT2D eigenvalue weighted by Crippen LogP contribution is 2.33. The van der Waals surface area contributed by atoms with Crippen molar-refractivity contribution in [1.29, 1.82) is 0 Å². The summed E-state index contributed by atoms with van der Waals surface area (Å²) in [5, 5.41) is 0.0307. The Balaban J connectivity index is 2.29. The summed E-state index contributed by atoms with van der Waals surface area (Å²) in [4.78, 5) is 13.4. The van der Waals surface area contributed by atoms with E-state index < -0.39 is 5.38 Å². The largest absolute Gasteiger partial charge is 0.490 e. The molecule has 1 atom stereocenters. The van der Waals surface area contributed by atoms with Crippen LogP contribution in [-0.4, -0.2) is 29.8 Å². The third-order valence-electron chi connectivity index (χ3n) is 3.06. The van der Waals surface area contributed by atoms with Crippen molar-refractivity contribution in [3.8, 4) is 5.75 Å². The summed E-state index contributed by atoms with van der Waals surface area (Å²) in [7, 11) is 1.70. The van der Waals surface area contributed by atoms with Gasteiger partial charge in [-0.2, -0.15) is 0 Å². The number of amides is 1. The van der Waals surface area contributed by atoms with E-state index in [4.69, 9.17) is 27.9 Å². The molecule has 1 heterocycles. The highest BCUT2D eigenvalue weighted by atomic mass is 35.5. The lowest BCUT2D eigenvalue weighted by Crippen LogP contribution is -2.35. The van der Waals surface area contributed by atoms with Gasteiger partial charge in [0.25, 0.3) is 0 Å². The monoisotopic (exact) mass is 311 g/mol. The lowest BCUT2D eigenvalue weighted by atomic mass is 10.0. The fraction of sp³-hybridized carbons (Fsp3) is 0.267. The number of nitrogens with zero attached hydrogens (tertiary/aromatic N) is 1. The van der Waals surface area contributed by atoms with Crippen molar-refractivity contribution >= 4 is 34.8 Å². The highest BCUT2D eigenvalue weighted by molar-refractivity contribution is 6.33. The molecule has 1 unspecified atom stereocenters. The van der Waals surface area contributed by atoms with Gasteiger partial charge >= 0.3 is 0 Å². The number of alkyl halides is 1. The zero-order valence-electron chi connectivity index (χ0n) is 11.1. The molecule has 0 aromatic heterocycles. The predicted octanol–water partition coefficient (Wildman–Crippen LogP) is 3.72. The quantitative estimate of drug-likeness (QED) is 0.626. The number of benzene rings is 1. The third kappa shape index (κ3) is 3.00. The molecule has 0 spiro atoms. The van der Waals surface area contributed by atoms with Crippen LogP contribution in [0.2, 0.25) is 5.02 Å². The van der Waals surface area contributed by atoms with Gasteiger partial charge in [-0.3, -0.25) is 4.79 Å². The van der Waals surface area contributed by atoms with Crippen LogP contribution in [0.5, 0.6) is 5.75 Å². The average molecular weight is 312 g/mol. The van der Waals surface area contributed by atoms with E-state index in [9.17, 15) is 4.79 Å². The summed E-state index contributed by atoms with van der Waals surface area (Å²) in [6, 6.07) is 5.38. The molecule has 0 bridgehead atoms. The van der Waals surface area contributed by atoms with Crippen molar-refractivity contribution in [2.24, 2.45) is 0 Å². The Morgan fingerprint density at radius 3 is 2.95 bits per heavy atom. The number of rotatable bonds is 4. The SMILES string of the molecule is C=CCOc1ccc(C2=CCC(Cl)C(=O)N2C)c(Cl)c1. The molecular weight excluding hydrogens is 297 g/mol. The van der Waals surface area contributed by atoms with E-state index in [-0.39, 0.29) is 5.91 Å². The van der Waals surface area contributed by atoms with Crippen LogP contribution in [0.3, 0.4) is 0 Å². The maximum Gasteiger partial charge on any atom is 0.245 e. The zero-order chi connectivity index (χ0) is 14.7. The molecule has 1 amide bonds. The molecule has 0 aliphatic carbocycles. The van der Waals surface area contributed by atoms with Crippen molar-refractivity contribution in [2.75, 3.05) is 13.7 Å². The van der Waals surface area contributed by atoms with Gasteiger partial charge in [0.15, 0.2) is 0 Å². The Labute approximate surface area is 128 Å². The van der Waals surface area contributed by atoms with E-state index in [2.05, 4.69) is 6.58 Å². The van der Waals surface area contributed by atoms with E-state index in [0.29, 0.717) is 23.8 Å². The molecule has 0 fully saturated rings. The van der Waals surface area contributed by atoms with Gasteiger partial charge in [0, 0.05) is 18.3 Å². The number of ether oxygens (including phenoxy) is 1. The molecule has 5 heteroatoms. The van der Waals surface area contributed by atoms with Crippen LogP contribution in [-0.2, 0) is 4.79 Å². The molecule has 0 N–H and O–H groups in total. The summed E-state index contributed by atoms with van der Waals surface area (Å²) < 4.78 is 5.42. The Morgan fingerprint density at radius 1 is 1.55 bits per heavy atom. The van der Waals surface area contributed by atoms with Crippen LogP contribution >= 0.6 is 23.2 Å². The number of halogens is 2. The molecule has 3 nitrogen and oxygen atoms in total. The fourth-order valence-corrected chi connectivity index (χ4v) is 2.52. The molecule has 1 aliphatic heterocycles. The summed E-state index contributed by atoms with van der Waals surface area (Å²) >= 11 is 12.2. The zero-order valence-corrected chi connectivity index (χ0v) is 12.6. The average Bonchev–Trinajstić information content (AvgIpc) is 2.44. The molecule has 1 aromatic rings. The standard InChI is InChI=1S/C15H15Cl2NO2/c1-3-8-20-10-4-5-11(13(17)9-10)14-7-6-12(16)15(19)18(14)2/h3-5,7,9,12H,1,6,8H2,2H3. The van der Waals surface area contributed by atoms with Gasteiger partial charge in [0.05, 0.1) is 5.02 Å². The minimum absolute atomic E-state index is 0.118. The summed E-state index contributed by atoms with van der Waals surface area (Å²) in [5.74, 6) is 0.548. The molecule has 0 saturated carbocycles. The number of hydrogen-bond donors (Lipinski definition) is 0. The van der Waals surface area contributed by atoms with Crippen LogP contribution in [0.15, 0.2) is 36.9 Å². The van der Waals surface area contributed by atoms with Gasteiger partial charge < -0.3 is 9.64 Å². The number of carbonyl (C=O) groups is 1. The Hall–Kier alpha value is -1.45. The number of hydrogen-bond acceptors (Lipinski definition) is 2. The molecule has 1 aliphatic rings. The molecule has 0 radical (unpaired) electrons. The van der Waals surface area contributed by atoms with Crippen molar-refractivity contribution in [3.05, 3.63) is 47.5 Å². The van der Waals surface area contributed by atoms with E-state index in [0.717, 1.165) is 11.3 Å². The first kappa shape index (κ1) is 14.9. The first-order valence-corrected chi connectivity index (χ1v) is 7.01. The van der Waals surface area contributed by atoms with Gasteiger partial charge in [-0.25, -0.2) is 0 Å². The Bertz CT molecular complexity index is 569. The van der Waals surface area contributed by atoms with E-state index in [1.165, 1.54) is 4.90 Å². The van der Waals surface area contributed by atoms with Crippen LogP contribution in [0.1, 0.15) is 12.0 Å². The fourth-order valence-electron chi connectivity index (χ4n) is 2.02. The van der Waals surface area contributed by atoms with Crippen LogP contribution < -0.4 is 4.74 Å². The summed E-state index contributed by atoms with van der Waals surface area (Å²) in [5.41, 5.74) is 1.56. The molecule has 0 saturated heterocycles. The van der Waals surface area contributed by atoms with Crippen LogP contribution in [0.4, 0.5) is 0 Å². The molecule has 1 aromatic carbocycles. The van der Waals surface area contributed by atoms with E-state index in [1.54, 1.807) is 19.2 Å². The van der Waals surface area contributed by atoms with Crippen molar-refractivity contribution in [2.45, 2.75) is 11.8 Å². The third-order valence-corrected chi connectivity index (χ3v) is 3.74. The normalized spacial score (nSPS) is 18.8. The Morgan fingerprint density at radius 2 is 2.30 bits per heavy atom. The topological polar surface area (TPSA) is 29.5 Å². The second-order valence-electron chi connectivity index (χ2n) is 4.43. The maximum atomic E-state index is 11.9. The summed E-state index contributed by atoms with van der Waals surface area (Å²) in [6.07, 6.45) is 4.09. The number of allylic oxidation sites excluding steroid dienone is 1. The van der Waals surface area contributed by atoms with Crippen molar-refractivity contribution < 1.29 is 9.53 Å². The number of carbonyl (C=O) groups excluding carboxylic acids is 1. The van der Waals surface area contributed by atoms with Gasteiger partial charge in [-0.15, -0.1) is 11.6 Å².